The Bertz CT molecular complexity index is 559. The number of hydrogen-bond acceptors (Lipinski definition) is 3. The molecule has 2 N–H and O–H groups in total. The Hall–Kier alpha value is -1.07. The summed E-state index contributed by atoms with van der Waals surface area (Å²) in [5.74, 6) is 0. The Morgan fingerprint density at radius 3 is 2.74 bits per heavy atom. The van der Waals surface area contributed by atoms with Gasteiger partial charge in [0.1, 0.15) is 0 Å². The van der Waals surface area contributed by atoms with Gasteiger partial charge in [0.15, 0.2) is 0 Å². The van der Waals surface area contributed by atoms with Crippen LogP contribution in [0.15, 0.2) is 23.1 Å². The van der Waals surface area contributed by atoms with Crippen LogP contribution in [-0.4, -0.2) is 21.5 Å². The lowest BCUT2D eigenvalue weighted by molar-refractivity contribution is 0.407. The predicted octanol–water partition coefficient (Wildman–Crippen LogP) is 2.37. The minimum absolute atomic E-state index is 0.0699. The molecule has 0 fully saturated rings. The van der Waals surface area contributed by atoms with Gasteiger partial charge < -0.3 is 5.32 Å². The van der Waals surface area contributed by atoms with Crippen LogP contribution in [0.25, 0.3) is 0 Å². The fraction of sp³-hybridized carbons (Fsp3) is 0.571. The molecule has 0 atom stereocenters. The maximum absolute atomic E-state index is 12.2. The third-order valence-electron chi connectivity index (χ3n) is 3.12. The van der Waals surface area contributed by atoms with Crippen LogP contribution in [0.4, 0.5) is 5.69 Å². The Labute approximate surface area is 115 Å². The molecule has 1 aromatic rings. The van der Waals surface area contributed by atoms with Crippen molar-refractivity contribution < 1.29 is 8.42 Å². The number of sulfonamides is 1. The number of hydrogen-bond donors (Lipinski definition) is 2. The lowest BCUT2D eigenvalue weighted by Crippen LogP contribution is -2.32. The normalized spacial score (nSPS) is 15.7. The SMILES string of the molecule is CC(C)(C)CNS(=O)(=O)c1ccc2c(c1)NCCC2. The van der Waals surface area contributed by atoms with E-state index in [1.165, 1.54) is 5.56 Å². The summed E-state index contributed by atoms with van der Waals surface area (Å²) in [5, 5.41) is 3.26. The van der Waals surface area contributed by atoms with Crippen LogP contribution in [0, 0.1) is 5.41 Å². The first-order valence-electron chi connectivity index (χ1n) is 6.64. The largest absolute Gasteiger partial charge is 0.385 e. The number of fused-ring (bicyclic) bond motifs is 1. The van der Waals surface area contributed by atoms with Crippen molar-refractivity contribution in [3.8, 4) is 0 Å². The molecule has 0 saturated carbocycles. The first-order chi connectivity index (χ1) is 8.78. The average molecular weight is 282 g/mol. The van der Waals surface area contributed by atoms with E-state index >= 15 is 0 Å². The maximum atomic E-state index is 12.2. The van der Waals surface area contributed by atoms with Crippen molar-refractivity contribution in [1.82, 2.24) is 4.72 Å². The molecule has 106 valence electrons. The van der Waals surface area contributed by atoms with Crippen molar-refractivity contribution >= 4 is 15.7 Å². The summed E-state index contributed by atoms with van der Waals surface area (Å²) in [6, 6.07) is 5.34. The highest BCUT2D eigenvalue weighted by molar-refractivity contribution is 7.89. The molecule has 1 aliphatic rings. The van der Waals surface area contributed by atoms with Gasteiger partial charge in [0.2, 0.25) is 10.0 Å². The van der Waals surface area contributed by atoms with Crippen molar-refractivity contribution in [3.63, 3.8) is 0 Å². The van der Waals surface area contributed by atoms with Gasteiger partial charge in [-0.25, -0.2) is 13.1 Å². The highest BCUT2D eigenvalue weighted by atomic mass is 32.2. The number of aryl methyl sites for hydroxylation is 1. The van der Waals surface area contributed by atoms with Crippen molar-refractivity contribution in [1.29, 1.82) is 0 Å². The van der Waals surface area contributed by atoms with Gasteiger partial charge in [0.25, 0.3) is 0 Å². The molecule has 0 spiro atoms. The minimum atomic E-state index is -3.42. The summed E-state index contributed by atoms with van der Waals surface area (Å²) in [6.07, 6.45) is 2.11. The minimum Gasteiger partial charge on any atom is -0.385 e. The van der Waals surface area contributed by atoms with Gasteiger partial charge in [-0.2, -0.15) is 0 Å². The molecule has 0 unspecified atom stereocenters. The van der Waals surface area contributed by atoms with Gasteiger partial charge in [-0.05, 0) is 36.0 Å². The Morgan fingerprint density at radius 2 is 2.05 bits per heavy atom. The molecule has 1 heterocycles. The standard InChI is InChI=1S/C14H22N2O2S/c1-14(2,3)10-16-19(17,18)12-7-6-11-5-4-8-15-13(11)9-12/h6-7,9,15-16H,4-5,8,10H2,1-3H3. The van der Waals surface area contributed by atoms with Crippen LogP contribution in [0.1, 0.15) is 32.8 Å². The van der Waals surface area contributed by atoms with Gasteiger partial charge in [0, 0.05) is 18.8 Å². The van der Waals surface area contributed by atoms with Gasteiger partial charge in [-0.15, -0.1) is 0 Å². The average Bonchev–Trinajstić information content (AvgIpc) is 2.35. The smallest absolute Gasteiger partial charge is 0.240 e. The number of rotatable bonds is 3. The second-order valence-corrected chi connectivity index (χ2v) is 8.00. The van der Waals surface area contributed by atoms with Gasteiger partial charge in [-0.1, -0.05) is 26.8 Å². The number of nitrogens with one attached hydrogen (secondary N) is 2. The Balaban J connectivity index is 2.21. The maximum Gasteiger partial charge on any atom is 0.240 e. The van der Waals surface area contributed by atoms with Crippen LogP contribution in [0.5, 0.6) is 0 Å². The van der Waals surface area contributed by atoms with E-state index in [0.29, 0.717) is 11.4 Å². The summed E-state index contributed by atoms with van der Waals surface area (Å²) in [5.41, 5.74) is 2.07. The van der Waals surface area contributed by atoms with Crippen molar-refractivity contribution in [2.24, 2.45) is 5.41 Å². The molecule has 1 aliphatic heterocycles. The van der Waals surface area contributed by atoms with Gasteiger partial charge >= 0.3 is 0 Å². The van der Waals surface area contributed by atoms with E-state index in [1.807, 2.05) is 26.8 Å². The molecule has 1 aromatic carbocycles. The molecular formula is C14H22N2O2S. The zero-order valence-electron chi connectivity index (χ0n) is 11.8. The summed E-state index contributed by atoms with van der Waals surface area (Å²) < 4.78 is 27.1. The van der Waals surface area contributed by atoms with Crippen LogP contribution >= 0.6 is 0 Å². The lowest BCUT2D eigenvalue weighted by atomic mass is 9.98. The van der Waals surface area contributed by atoms with E-state index in [1.54, 1.807) is 12.1 Å². The first kappa shape index (κ1) is 14.3. The van der Waals surface area contributed by atoms with Crippen molar-refractivity contribution in [3.05, 3.63) is 23.8 Å². The van der Waals surface area contributed by atoms with E-state index in [4.69, 9.17) is 0 Å². The lowest BCUT2D eigenvalue weighted by Gasteiger charge is -2.21. The zero-order valence-corrected chi connectivity index (χ0v) is 12.6. The highest BCUT2D eigenvalue weighted by Crippen LogP contribution is 2.25. The zero-order chi connectivity index (χ0) is 14.1. The topological polar surface area (TPSA) is 58.2 Å². The first-order valence-corrected chi connectivity index (χ1v) is 8.13. The van der Waals surface area contributed by atoms with Crippen LogP contribution < -0.4 is 10.0 Å². The quantitative estimate of drug-likeness (QED) is 0.895. The fourth-order valence-electron chi connectivity index (χ4n) is 2.00. The van der Waals surface area contributed by atoms with Crippen LogP contribution in [0.3, 0.4) is 0 Å². The molecule has 0 aliphatic carbocycles. The number of anilines is 1. The molecule has 0 amide bonds. The Morgan fingerprint density at radius 1 is 1.32 bits per heavy atom. The fourth-order valence-corrected chi connectivity index (χ4v) is 3.31. The molecular weight excluding hydrogens is 260 g/mol. The molecule has 2 rings (SSSR count). The van der Waals surface area contributed by atoms with E-state index in [2.05, 4.69) is 10.0 Å². The second-order valence-electron chi connectivity index (χ2n) is 6.23. The van der Waals surface area contributed by atoms with E-state index in [9.17, 15) is 8.42 Å². The second kappa shape index (κ2) is 5.13. The molecule has 0 radical (unpaired) electrons. The van der Waals surface area contributed by atoms with Crippen LogP contribution in [-0.2, 0) is 16.4 Å². The van der Waals surface area contributed by atoms with E-state index in [-0.39, 0.29) is 5.41 Å². The van der Waals surface area contributed by atoms with E-state index < -0.39 is 10.0 Å². The molecule has 5 heteroatoms. The third kappa shape index (κ3) is 3.70. The summed E-state index contributed by atoms with van der Waals surface area (Å²) in [6.45, 7) is 7.35. The van der Waals surface area contributed by atoms with Crippen LogP contribution in [0.2, 0.25) is 0 Å². The molecule has 4 nitrogen and oxygen atoms in total. The highest BCUT2D eigenvalue weighted by Gasteiger charge is 2.20. The molecule has 19 heavy (non-hydrogen) atoms. The van der Waals surface area contributed by atoms with Gasteiger partial charge in [-0.3, -0.25) is 0 Å². The molecule has 0 saturated heterocycles. The molecule has 0 aromatic heterocycles. The van der Waals surface area contributed by atoms with Gasteiger partial charge in [0.05, 0.1) is 4.90 Å². The summed E-state index contributed by atoms with van der Waals surface area (Å²) in [7, 11) is -3.42. The predicted molar refractivity (Wildman–Crippen MR) is 77.9 cm³/mol. The number of benzene rings is 1. The summed E-state index contributed by atoms with van der Waals surface area (Å²) in [4.78, 5) is 0.338. The van der Waals surface area contributed by atoms with Crippen molar-refractivity contribution in [2.45, 2.75) is 38.5 Å². The Kier molecular flexibility index (Phi) is 3.87. The third-order valence-corrected chi connectivity index (χ3v) is 4.52. The van der Waals surface area contributed by atoms with Crippen molar-refractivity contribution in [2.75, 3.05) is 18.4 Å². The summed E-state index contributed by atoms with van der Waals surface area (Å²) >= 11 is 0. The monoisotopic (exact) mass is 282 g/mol. The van der Waals surface area contributed by atoms with E-state index in [0.717, 1.165) is 25.1 Å². The molecule has 0 bridgehead atoms.